The Morgan fingerprint density at radius 1 is 1.50 bits per heavy atom. The van der Waals surface area contributed by atoms with E-state index in [1.54, 1.807) is 0 Å². The van der Waals surface area contributed by atoms with Crippen molar-refractivity contribution in [3.63, 3.8) is 0 Å². The Labute approximate surface area is 82.8 Å². The number of hydrogen-bond acceptors (Lipinski definition) is 3. The molecular weight excluding hydrogens is 213 g/mol. The Bertz CT molecular complexity index is 350. The van der Waals surface area contributed by atoms with Gasteiger partial charge in [-0.05, 0) is 12.1 Å². The second-order valence-electron chi connectivity index (χ2n) is 2.73. The lowest BCUT2D eigenvalue weighted by Crippen LogP contribution is -2.38. The summed E-state index contributed by atoms with van der Waals surface area (Å²) in [5.41, 5.74) is 4.93. The van der Waals surface area contributed by atoms with Crippen molar-refractivity contribution in [2.45, 2.75) is 18.6 Å². The van der Waals surface area contributed by atoms with Crippen molar-refractivity contribution in [3.8, 4) is 6.07 Å². The molecular formula is C8H7F3N2S. The van der Waals surface area contributed by atoms with Crippen molar-refractivity contribution in [2.24, 2.45) is 5.73 Å². The summed E-state index contributed by atoms with van der Waals surface area (Å²) in [6.07, 6.45) is -4.65. The van der Waals surface area contributed by atoms with Crippen molar-refractivity contribution in [1.29, 1.82) is 5.26 Å². The quantitative estimate of drug-likeness (QED) is 0.829. The van der Waals surface area contributed by atoms with Crippen LogP contribution in [0.3, 0.4) is 0 Å². The molecule has 1 rings (SSSR count). The first-order chi connectivity index (χ1) is 6.43. The van der Waals surface area contributed by atoms with Crippen LogP contribution in [0.5, 0.6) is 0 Å². The Morgan fingerprint density at radius 2 is 2.14 bits per heavy atom. The first-order valence-electron chi connectivity index (χ1n) is 3.74. The predicted molar refractivity (Wildman–Crippen MR) is 46.8 cm³/mol. The number of halogens is 3. The summed E-state index contributed by atoms with van der Waals surface area (Å²) in [4.78, 5) is 0.876. The number of nitriles is 1. The maximum absolute atomic E-state index is 12.0. The third-order valence-electron chi connectivity index (χ3n) is 1.61. The van der Waals surface area contributed by atoms with Gasteiger partial charge in [0.15, 0.2) is 0 Å². The van der Waals surface area contributed by atoms with Crippen LogP contribution in [0.15, 0.2) is 12.1 Å². The molecule has 0 spiro atoms. The highest BCUT2D eigenvalue weighted by molar-refractivity contribution is 7.12. The van der Waals surface area contributed by atoms with Crippen LogP contribution in [-0.4, -0.2) is 12.2 Å². The molecule has 0 aromatic carbocycles. The van der Waals surface area contributed by atoms with Crippen LogP contribution in [0.25, 0.3) is 0 Å². The fraction of sp³-hybridized carbons (Fsp3) is 0.375. The van der Waals surface area contributed by atoms with Crippen LogP contribution < -0.4 is 5.73 Å². The first kappa shape index (κ1) is 11.0. The minimum Gasteiger partial charge on any atom is -0.320 e. The normalized spacial score (nSPS) is 13.6. The lowest BCUT2D eigenvalue weighted by molar-refractivity contribution is -0.147. The molecule has 6 heteroatoms. The van der Waals surface area contributed by atoms with Gasteiger partial charge in [-0.1, -0.05) is 0 Å². The molecule has 1 aromatic heterocycles. The summed E-state index contributed by atoms with van der Waals surface area (Å²) in [6.45, 7) is 0. The zero-order chi connectivity index (χ0) is 10.8. The molecule has 0 radical (unpaired) electrons. The van der Waals surface area contributed by atoms with Crippen molar-refractivity contribution in [3.05, 3.63) is 21.9 Å². The summed E-state index contributed by atoms with van der Waals surface area (Å²) in [6, 6.07) is 2.99. The minimum atomic E-state index is -4.38. The van der Waals surface area contributed by atoms with E-state index < -0.39 is 12.2 Å². The molecule has 0 bridgehead atoms. The molecule has 1 aromatic rings. The standard InChI is InChI=1S/C8H7F3N2S/c9-8(10,11)7(13)3-5-1-2-6(4-12)14-5/h1-2,7H,3,13H2. The fourth-order valence-electron chi connectivity index (χ4n) is 0.880. The van der Waals surface area contributed by atoms with Crippen LogP contribution in [0.4, 0.5) is 13.2 Å². The van der Waals surface area contributed by atoms with E-state index in [0.717, 1.165) is 11.3 Å². The van der Waals surface area contributed by atoms with Crippen molar-refractivity contribution in [1.82, 2.24) is 0 Å². The zero-order valence-electron chi connectivity index (χ0n) is 7.01. The van der Waals surface area contributed by atoms with Crippen LogP contribution >= 0.6 is 11.3 Å². The highest BCUT2D eigenvalue weighted by Crippen LogP contribution is 2.24. The molecule has 0 saturated heterocycles. The molecule has 1 heterocycles. The summed E-state index contributed by atoms with van der Waals surface area (Å²) < 4.78 is 36.1. The van der Waals surface area contributed by atoms with E-state index >= 15 is 0 Å². The molecule has 0 aliphatic rings. The van der Waals surface area contributed by atoms with Gasteiger partial charge in [-0.25, -0.2) is 0 Å². The van der Waals surface area contributed by atoms with Gasteiger partial charge >= 0.3 is 6.18 Å². The molecule has 0 fully saturated rings. The van der Waals surface area contributed by atoms with Crippen molar-refractivity contribution < 1.29 is 13.2 Å². The Balaban J connectivity index is 2.66. The van der Waals surface area contributed by atoms with Gasteiger partial charge in [0.1, 0.15) is 17.0 Å². The molecule has 2 N–H and O–H groups in total. The molecule has 0 amide bonds. The number of thiophene rings is 1. The van der Waals surface area contributed by atoms with E-state index in [1.165, 1.54) is 12.1 Å². The molecule has 76 valence electrons. The van der Waals surface area contributed by atoms with Gasteiger partial charge in [0, 0.05) is 11.3 Å². The average molecular weight is 220 g/mol. The molecule has 0 saturated carbocycles. The molecule has 1 unspecified atom stereocenters. The van der Waals surface area contributed by atoms with Crippen LogP contribution in [-0.2, 0) is 6.42 Å². The van der Waals surface area contributed by atoms with Gasteiger partial charge < -0.3 is 5.73 Å². The van der Waals surface area contributed by atoms with Crippen LogP contribution in [0.1, 0.15) is 9.75 Å². The molecule has 14 heavy (non-hydrogen) atoms. The van der Waals surface area contributed by atoms with E-state index in [9.17, 15) is 13.2 Å². The highest BCUT2D eigenvalue weighted by atomic mass is 32.1. The number of hydrogen-bond donors (Lipinski definition) is 1. The minimum absolute atomic E-state index is 0.268. The van der Waals surface area contributed by atoms with Crippen molar-refractivity contribution >= 4 is 11.3 Å². The number of nitrogens with zero attached hydrogens (tertiary/aromatic N) is 1. The number of rotatable bonds is 2. The maximum Gasteiger partial charge on any atom is 0.403 e. The highest BCUT2D eigenvalue weighted by Gasteiger charge is 2.36. The van der Waals surface area contributed by atoms with Crippen LogP contribution in [0, 0.1) is 11.3 Å². The van der Waals surface area contributed by atoms with Gasteiger partial charge in [0.05, 0.1) is 0 Å². The largest absolute Gasteiger partial charge is 0.403 e. The summed E-state index contributed by atoms with van der Waals surface area (Å²) in [7, 11) is 0. The Hall–Kier alpha value is -1.06. The molecule has 0 aliphatic heterocycles. The van der Waals surface area contributed by atoms with E-state index in [1.807, 2.05) is 6.07 Å². The number of nitrogens with two attached hydrogens (primary N) is 1. The van der Waals surface area contributed by atoms with Crippen molar-refractivity contribution in [2.75, 3.05) is 0 Å². The molecule has 0 aliphatic carbocycles. The number of alkyl halides is 3. The smallest absolute Gasteiger partial charge is 0.320 e. The first-order valence-corrected chi connectivity index (χ1v) is 4.56. The third-order valence-corrected chi connectivity index (χ3v) is 2.63. The topological polar surface area (TPSA) is 49.8 Å². The van der Waals surface area contributed by atoms with Gasteiger partial charge in [0.2, 0.25) is 0 Å². The second-order valence-corrected chi connectivity index (χ2v) is 3.90. The summed E-state index contributed by atoms with van der Waals surface area (Å²) >= 11 is 1.04. The van der Waals surface area contributed by atoms with Gasteiger partial charge in [-0.3, -0.25) is 0 Å². The van der Waals surface area contributed by atoms with Crippen LogP contribution in [0.2, 0.25) is 0 Å². The third kappa shape index (κ3) is 2.72. The SMILES string of the molecule is N#Cc1ccc(CC(N)C(F)(F)F)s1. The zero-order valence-corrected chi connectivity index (χ0v) is 7.82. The van der Waals surface area contributed by atoms with E-state index in [4.69, 9.17) is 11.0 Å². The van der Waals surface area contributed by atoms with Gasteiger partial charge in [-0.15, -0.1) is 11.3 Å². The van der Waals surface area contributed by atoms with Gasteiger partial charge in [-0.2, -0.15) is 18.4 Å². The lowest BCUT2D eigenvalue weighted by atomic mass is 10.2. The fourth-order valence-corrected chi connectivity index (χ4v) is 1.74. The second kappa shape index (κ2) is 3.98. The maximum atomic E-state index is 12.0. The molecule has 1 atom stereocenters. The average Bonchev–Trinajstić information content (AvgIpc) is 2.50. The van der Waals surface area contributed by atoms with E-state index in [0.29, 0.717) is 9.75 Å². The summed E-state index contributed by atoms with van der Waals surface area (Å²) in [5, 5.41) is 8.45. The Morgan fingerprint density at radius 3 is 2.57 bits per heavy atom. The summed E-state index contributed by atoms with van der Waals surface area (Å²) in [5.74, 6) is 0. The predicted octanol–water partition coefficient (Wildman–Crippen LogP) is 2.05. The Kier molecular flexibility index (Phi) is 3.13. The molecule has 2 nitrogen and oxygen atoms in total. The lowest BCUT2D eigenvalue weighted by Gasteiger charge is -2.13. The van der Waals surface area contributed by atoms with E-state index in [2.05, 4.69) is 0 Å². The van der Waals surface area contributed by atoms with Gasteiger partial charge in [0.25, 0.3) is 0 Å². The van der Waals surface area contributed by atoms with E-state index in [-0.39, 0.29) is 6.42 Å². The monoisotopic (exact) mass is 220 g/mol.